The SMILES string of the molecule is CN=C(NCc1ccc(CN2CC(C)CC(C)C2)cc1)NC(C)Cc1c(C)nn(C)c1C.I. The molecule has 7 heteroatoms. The summed E-state index contributed by atoms with van der Waals surface area (Å²) >= 11 is 0. The van der Waals surface area contributed by atoms with Gasteiger partial charge in [0, 0.05) is 52.0 Å². The lowest BCUT2D eigenvalue weighted by molar-refractivity contribution is 0.134. The van der Waals surface area contributed by atoms with Crippen molar-refractivity contribution < 1.29 is 0 Å². The third kappa shape index (κ3) is 7.98. The van der Waals surface area contributed by atoms with E-state index in [9.17, 15) is 0 Å². The van der Waals surface area contributed by atoms with Gasteiger partial charge in [-0.2, -0.15) is 5.10 Å². The molecule has 1 fully saturated rings. The molecule has 0 bridgehead atoms. The van der Waals surface area contributed by atoms with Crippen molar-refractivity contribution in [3.8, 4) is 0 Å². The van der Waals surface area contributed by atoms with Crippen LogP contribution in [0, 0.1) is 25.7 Å². The van der Waals surface area contributed by atoms with Gasteiger partial charge in [0.2, 0.25) is 0 Å². The summed E-state index contributed by atoms with van der Waals surface area (Å²) in [6.45, 7) is 15.4. The van der Waals surface area contributed by atoms with Gasteiger partial charge in [-0.3, -0.25) is 14.6 Å². The van der Waals surface area contributed by atoms with Crippen molar-refractivity contribution in [1.29, 1.82) is 0 Å². The number of nitrogens with zero attached hydrogens (tertiary/aromatic N) is 4. The van der Waals surface area contributed by atoms with Crippen molar-refractivity contribution in [1.82, 2.24) is 25.3 Å². The molecular weight excluding hydrogens is 523 g/mol. The largest absolute Gasteiger partial charge is 0.354 e. The van der Waals surface area contributed by atoms with Crippen LogP contribution in [0.5, 0.6) is 0 Å². The number of hydrogen-bond acceptors (Lipinski definition) is 3. The minimum Gasteiger partial charge on any atom is -0.354 e. The quantitative estimate of drug-likeness (QED) is 0.296. The molecule has 1 aromatic heterocycles. The van der Waals surface area contributed by atoms with Gasteiger partial charge in [0.05, 0.1) is 5.69 Å². The van der Waals surface area contributed by atoms with Crippen LogP contribution in [0.2, 0.25) is 0 Å². The Morgan fingerprint density at radius 1 is 1.12 bits per heavy atom. The lowest BCUT2D eigenvalue weighted by atomic mass is 9.91. The molecule has 1 saturated heterocycles. The summed E-state index contributed by atoms with van der Waals surface area (Å²) in [5.74, 6) is 2.43. The van der Waals surface area contributed by atoms with Crippen LogP contribution in [0.15, 0.2) is 29.3 Å². The minimum absolute atomic E-state index is 0. The van der Waals surface area contributed by atoms with E-state index < -0.39 is 0 Å². The van der Waals surface area contributed by atoms with E-state index in [-0.39, 0.29) is 30.0 Å². The normalized spacial score (nSPS) is 20.3. The number of halogens is 1. The van der Waals surface area contributed by atoms with Gasteiger partial charge in [0.1, 0.15) is 0 Å². The van der Waals surface area contributed by atoms with E-state index in [4.69, 9.17) is 0 Å². The predicted octanol–water partition coefficient (Wildman–Crippen LogP) is 4.43. The number of aryl methyl sites for hydroxylation is 2. The van der Waals surface area contributed by atoms with Crippen LogP contribution in [0.3, 0.4) is 0 Å². The highest BCUT2D eigenvalue weighted by Crippen LogP contribution is 2.22. The van der Waals surface area contributed by atoms with E-state index in [0.29, 0.717) is 0 Å². The number of likely N-dealkylation sites (tertiary alicyclic amines) is 1. The Kier molecular flexibility index (Phi) is 10.7. The first-order valence-corrected chi connectivity index (χ1v) is 12.0. The summed E-state index contributed by atoms with van der Waals surface area (Å²) in [6.07, 6.45) is 2.28. The summed E-state index contributed by atoms with van der Waals surface area (Å²) in [7, 11) is 3.83. The van der Waals surface area contributed by atoms with Gasteiger partial charge in [0.25, 0.3) is 0 Å². The summed E-state index contributed by atoms with van der Waals surface area (Å²) in [6, 6.07) is 9.28. The van der Waals surface area contributed by atoms with E-state index in [0.717, 1.165) is 43.0 Å². The minimum atomic E-state index is 0. The highest BCUT2D eigenvalue weighted by molar-refractivity contribution is 14.0. The highest BCUT2D eigenvalue weighted by atomic mass is 127. The highest BCUT2D eigenvalue weighted by Gasteiger charge is 2.21. The topological polar surface area (TPSA) is 57.5 Å². The molecule has 0 spiro atoms. The van der Waals surface area contributed by atoms with Gasteiger partial charge in [-0.1, -0.05) is 38.1 Å². The average molecular weight is 567 g/mol. The number of guanidine groups is 1. The molecule has 2 heterocycles. The molecule has 2 aromatic rings. The zero-order valence-corrected chi connectivity index (χ0v) is 23.8. The van der Waals surface area contributed by atoms with Crippen molar-refractivity contribution in [2.45, 2.75) is 66.6 Å². The molecule has 33 heavy (non-hydrogen) atoms. The third-order valence-electron chi connectivity index (χ3n) is 6.61. The van der Waals surface area contributed by atoms with Gasteiger partial charge < -0.3 is 10.6 Å². The fourth-order valence-corrected chi connectivity index (χ4v) is 5.03. The van der Waals surface area contributed by atoms with E-state index in [2.05, 4.69) is 84.5 Å². The van der Waals surface area contributed by atoms with Crippen LogP contribution < -0.4 is 10.6 Å². The number of aromatic nitrogens is 2. The summed E-state index contributed by atoms with van der Waals surface area (Å²) in [5.41, 5.74) is 6.32. The summed E-state index contributed by atoms with van der Waals surface area (Å²) < 4.78 is 1.96. The van der Waals surface area contributed by atoms with Gasteiger partial charge in [-0.15, -0.1) is 24.0 Å². The second kappa shape index (κ2) is 12.7. The molecule has 184 valence electrons. The molecule has 3 rings (SSSR count). The molecule has 3 atom stereocenters. The Morgan fingerprint density at radius 3 is 2.27 bits per heavy atom. The Morgan fingerprint density at radius 2 is 1.73 bits per heavy atom. The average Bonchev–Trinajstić information content (AvgIpc) is 2.97. The molecule has 0 amide bonds. The zero-order chi connectivity index (χ0) is 23.3. The van der Waals surface area contributed by atoms with Crippen molar-refractivity contribution in [3.05, 3.63) is 52.3 Å². The van der Waals surface area contributed by atoms with Gasteiger partial charge in [0.15, 0.2) is 5.96 Å². The standard InChI is InChI=1S/C26H42N6.HI/c1-18-12-19(2)16-32(15-18)17-24-10-8-23(9-11-24)14-28-26(27-6)29-20(3)13-25-21(4)30-31(7)22(25)5;/h8-11,18-20H,12-17H2,1-7H3,(H2,27,28,29);1H. The van der Waals surface area contributed by atoms with Crippen molar-refractivity contribution in [2.24, 2.45) is 23.9 Å². The third-order valence-corrected chi connectivity index (χ3v) is 6.61. The maximum absolute atomic E-state index is 4.53. The van der Waals surface area contributed by atoms with E-state index in [1.54, 1.807) is 0 Å². The fourth-order valence-electron chi connectivity index (χ4n) is 5.03. The first kappa shape index (κ1) is 27.6. The fraction of sp³-hybridized carbons (Fsp3) is 0.615. The van der Waals surface area contributed by atoms with Crippen LogP contribution in [-0.4, -0.2) is 46.8 Å². The van der Waals surface area contributed by atoms with E-state index >= 15 is 0 Å². The number of aliphatic imine (C=N–C) groups is 1. The lowest BCUT2D eigenvalue weighted by Crippen LogP contribution is -2.42. The van der Waals surface area contributed by atoms with E-state index in [1.807, 2.05) is 18.8 Å². The van der Waals surface area contributed by atoms with Crippen LogP contribution in [-0.2, 0) is 26.6 Å². The monoisotopic (exact) mass is 566 g/mol. The zero-order valence-electron chi connectivity index (χ0n) is 21.5. The smallest absolute Gasteiger partial charge is 0.191 e. The Labute approximate surface area is 217 Å². The summed E-state index contributed by atoms with van der Waals surface area (Å²) in [4.78, 5) is 7.01. The molecule has 1 aliphatic rings. The lowest BCUT2D eigenvalue weighted by Gasteiger charge is -2.35. The van der Waals surface area contributed by atoms with Crippen LogP contribution in [0.25, 0.3) is 0 Å². The maximum Gasteiger partial charge on any atom is 0.191 e. The van der Waals surface area contributed by atoms with Crippen molar-refractivity contribution in [3.63, 3.8) is 0 Å². The molecule has 3 unspecified atom stereocenters. The first-order valence-electron chi connectivity index (χ1n) is 12.0. The van der Waals surface area contributed by atoms with Crippen molar-refractivity contribution in [2.75, 3.05) is 20.1 Å². The molecule has 0 radical (unpaired) electrons. The molecule has 2 N–H and O–H groups in total. The number of nitrogens with one attached hydrogen (secondary N) is 2. The van der Waals surface area contributed by atoms with Crippen LogP contribution in [0.4, 0.5) is 0 Å². The molecule has 1 aliphatic heterocycles. The first-order chi connectivity index (χ1) is 15.2. The van der Waals surface area contributed by atoms with Crippen molar-refractivity contribution >= 4 is 29.9 Å². The number of benzene rings is 1. The van der Waals surface area contributed by atoms with E-state index in [1.165, 1.54) is 41.9 Å². The Balaban J connectivity index is 0.00000385. The predicted molar refractivity (Wildman–Crippen MR) is 149 cm³/mol. The van der Waals surface area contributed by atoms with Gasteiger partial charge in [-0.05, 0) is 62.1 Å². The number of rotatable bonds is 7. The molecule has 1 aromatic carbocycles. The molecular formula is C26H43IN6. The Hall–Kier alpha value is -1.61. The second-order valence-corrected chi connectivity index (χ2v) is 9.90. The van der Waals surface area contributed by atoms with Gasteiger partial charge >= 0.3 is 0 Å². The number of piperidine rings is 1. The second-order valence-electron chi connectivity index (χ2n) is 9.90. The molecule has 0 aliphatic carbocycles. The van der Waals surface area contributed by atoms with Crippen LogP contribution >= 0.6 is 24.0 Å². The molecule has 6 nitrogen and oxygen atoms in total. The number of hydrogen-bond donors (Lipinski definition) is 2. The maximum atomic E-state index is 4.53. The summed E-state index contributed by atoms with van der Waals surface area (Å²) in [5, 5.41) is 11.5. The Bertz CT molecular complexity index is 894. The molecule has 0 saturated carbocycles. The van der Waals surface area contributed by atoms with Gasteiger partial charge in [-0.25, -0.2) is 0 Å². The van der Waals surface area contributed by atoms with Crippen LogP contribution in [0.1, 0.15) is 55.3 Å².